The number of piperidine rings is 1. The van der Waals surface area contributed by atoms with Crippen LogP contribution in [0.3, 0.4) is 0 Å². The molecule has 1 atom stereocenters. The van der Waals surface area contributed by atoms with Crippen molar-refractivity contribution in [2.24, 2.45) is 0 Å². The van der Waals surface area contributed by atoms with Crippen LogP contribution in [-0.4, -0.2) is 23.3 Å². The van der Waals surface area contributed by atoms with E-state index in [4.69, 9.17) is 0 Å². The molecule has 15 heavy (non-hydrogen) atoms. The third kappa shape index (κ3) is 2.07. The van der Waals surface area contributed by atoms with Crippen molar-refractivity contribution in [3.63, 3.8) is 0 Å². The molecule has 1 aromatic carbocycles. The molecule has 1 aliphatic rings. The molecule has 1 unspecified atom stereocenters. The summed E-state index contributed by atoms with van der Waals surface area (Å²) in [5.74, 6) is 0.460. The molecule has 1 fully saturated rings. The van der Waals surface area contributed by atoms with Gasteiger partial charge in [0.1, 0.15) is 0 Å². The third-order valence-electron chi connectivity index (χ3n) is 3.07. The molecule has 0 aromatic heterocycles. The van der Waals surface area contributed by atoms with Gasteiger partial charge >= 0.3 is 0 Å². The number of hydrogen-bond donors (Lipinski definition) is 3. The summed E-state index contributed by atoms with van der Waals surface area (Å²) in [5.41, 5.74) is 1.87. The van der Waals surface area contributed by atoms with E-state index in [9.17, 15) is 10.2 Å². The number of benzene rings is 1. The first-order valence-electron chi connectivity index (χ1n) is 5.41. The van der Waals surface area contributed by atoms with Crippen molar-refractivity contribution in [2.45, 2.75) is 25.7 Å². The van der Waals surface area contributed by atoms with Gasteiger partial charge in [0, 0.05) is 6.54 Å². The fourth-order valence-electron chi connectivity index (χ4n) is 2.16. The summed E-state index contributed by atoms with van der Waals surface area (Å²) >= 11 is 0. The van der Waals surface area contributed by atoms with Gasteiger partial charge in [0.15, 0.2) is 11.5 Å². The third-order valence-corrected chi connectivity index (χ3v) is 3.07. The van der Waals surface area contributed by atoms with Crippen molar-refractivity contribution in [2.75, 3.05) is 13.1 Å². The zero-order chi connectivity index (χ0) is 10.8. The molecule has 1 aromatic rings. The van der Waals surface area contributed by atoms with Crippen LogP contribution in [-0.2, 0) is 0 Å². The normalized spacial score (nSPS) is 21.5. The molecule has 0 radical (unpaired) electrons. The average Bonchev–Trinajstić information content (AvgIpc) is 2.26. The minimum Gasteiger partial charge on any atom is -0.504 e. The van der Waals surface area contributed by atoms with Gasteiger partial charge in [-0.15, -0.1) is 0 Å². The predicted molar refractivity (Wildman–Crippen MR) is 59.4 cm³/mol. The van der Waals surface area contributed by atoms with Crippen LogP contribution in [0.4, 0.5) is 0 Å². The Kier molecular flexibility index (Phi) is 2.82. The average molecular weight is 207 g/mol. The molecular weight excluding hydrogens is 190 g/mol. The Morgan fingerprint density at radius 3 is 2.73 bits per heavy atom. The van der Waals surface area contributed by atoms with E-state index in [1.165, 1.54) is 6.42 Å². The van der Waals surface area contributed by atoms with Gasteiger partial charge in [-0.2, -0.15) is 0 Å². The van der Waals surface area contributed by atoms with Crippen molar-refractivity contribution in [1.29, 1.82) is 0 Å². The second-order valence-corrected chi connectivity index (χ2v) is 4.25. The monoisotopic (exact) mass is 207 g/mol. The number of rotatable bonds is 1. The summed E-state index contributed by atoms with van der Waals surface area (Å²) in [6.45, 7) is 3.86. The SMILES string of the molecule is Cc1cc(C2CCCNC2)cc(O)c1O. The van der Waals surface area contributed by atoms with Gasteiger partial charge < -0.3 is 15.5 Å². The van der Waals surface area contributed by atoms with Crippen molar-refractivity contribution >= 4 is 0 Å². The topological polar surface area (TPSA) is 52.5 Å². The van der Waals surface area contributed by atoms with Crippen LogP contribution in [0.15, 0.2) is 12.1 Å². The lowest BCUT2D eigenvalue weighted by Crippen LogP contribution is -2.28. The van der Waals surface area contributed by atoms with Gasteiger partial charge in [0.05, 0.1) is 0 Å². The molecule has 1 heterocycles. The maximum Gasteiger partial charge on any atom is 0.160 e. The first-order chi connectivity index (χ1) is 7.18. The Hall–Kier alpha value is -1.22. The van der Waals surface area contributed by atoms with Gasteiger partial charge in [-0.3, -0.25) is 0 Å². The van der Waals surface area contributed by atoms with Crippen LogP contribution < -0.4 is 5.32 Å². The van der Waals surface area contributed by atoms with Gasteiger partial charge in [0.25, 0.3) is 0 Å². The lowest BCUT2D eigenvalue weighted by atomic mass is 9.90. The molecule has 82 valence electrons. The molecule has 1 aliphatic heterocycles. The van der Waals surface area contributed by atoms with Crippen molar-refractivity contribution in [1.82, 2.24) is 5.32 Å². The summed E-state index contributed by atoms with van der Waals surface area (Å²) in [6, 6.07) is 3.65. The molecule has 0 spiro atoms. The largest absolute Gasteiger partial charge is 0.504 e. The Morgan fingerprint density at radius 2 is 2.13 bits per heavy atom. The summed E-state index contributed by atoms with van der Waals surface area (Å²) in [6.07, 6.45) is 2.32. The summed E-state index contributed by atoms with van der Waals surface area (Å²) in [5, 5.41) is 22.3. The van der Waals surface area contributed by atoms with Crippen LogP contribution in [0.2, 0.25) is 0 Å². The quantitative estimate of drug-likeness (QED) is 0.616. The molecule has 0 amide bonds. The van der Waals surface area contributed by atoms with Crippen LogP contribution in [0.5, 0.6) is 11.5 Å². The number of hydrogen-bond acceptors (Lipinski definition) is 3. The smallest absolute Gasteiger partial charge is 0.160 e. The van der Waals surface area contributed by atoms with Crippen LogP contribution in [0.1, 0.15) is 29.9 Å². The summed E-state index contributed by atoms with van der Waals surface area (Å²) < 4.78 is 0. The highest BCUT2D eigenvalue weighted by molar-refractivity contribution is 5.47. The van der Waals surface area contributed by atoms with Gasteiger partial charge in [-0.05, 0) is 49.4 Å². The lowest BCUT2D eigenvalue weighted by Gasteiger charge is -2.23. The van der Waals surface area contributed by atoms with E-state index in [0.29, 0.717) is 5.92 Å². The molecular formula is C12H17NO2. The number of nitrogens with one attached hydrogen (secondary N) is 1. The van der Waals surface area contributed by atoms with Crippen molar-refractivity contribution in [3.8, 4) is 11.5 Å². The fourth-order valence-corrected chi connectivity index (χ4v) is 2.16. The van der Waals surface area contributed by atoms with Gasteiger partial charge in [0.2, 0.25) is 0 Å². The lowest BCUT2D eigenvalue weighted by molar-refractivity contribution is 0.398. The first-order valence-corrected chi connectivity index (χ1v) is 5.41. The highest BCUT2D eigenvalue weighted by Crippen LogP contribution is 2.34. The van der Waals surface area contributed by atoms with E-state index >= 15 is 0 Å². The minimum atomic E-state index is -0.00410. The van der Waals surface area contributed by atoms with Crippen LogP contribution in [0.25, 0.3) is 0 Å². The number of phenolic OH excluding ortho intramolecular Hbond substituents is 2. The standard InChI is InChI=1S/C12H17NO2/c1-8-5-10(6-11(14)12(8)15)9-3-2-4-13-7-9/h5-6,9,13-15H,2-4,7H2,1H3. The summed E-state index contributed by atoms with van der Waals surface area (Å²) in [4.78, 5) is 0. The maximum atomic E-state index is 9.54. The zero-order valence-corrected chi connectivity index (χ0v) is 8.95. The summed E-state index contributed by atoms with van der Waals surface area (Å²) in [7, 11) is 0. The Morgan fingerprint density at radius 1 is 1.33 bits per heavy atom. The number of aromatic hydroxyl groups is 2. The fraction of sp³-hybridized carbons (Fsp3) is 0.500. The van der Waals surface area contributed by atoms with E-state index in [-0.39, 0.29) is 11.5 Å². The number of phenols is 2. The van der Waals surface area contributed by atoms with Gasteiger partial charge in [-0.1, -0.05) is 6.07 Å². The van der Waals surface area contributed by atoms with Crippen molar-refractivity contribution < 1.29 is 10.2 Å². The molecule has 2 rings (SSSR count). The highest BCUT2D eigenvalue weighted by Gasteiger charge is 2.17. The van der Waals surface area contributed by atoms with E-state index < -0.39 is 0 Å². The van der Waals surface area contributed by atoms with Crippen molar-refractivity contribution in [3.05, 3.63) is 23.3 Å². The number of aryl methyl sites for hydroxylation is 1. The minimum absolute atomic E-state index is 0.00233. The Labute approximate surface area is 89.8 Å². The van der Waals surface area contributed by atoms with Gasteiger partial charge in [-0.25, -0.2) is 0 Å². The molecule has 3 nitrogen and oxygen atoms in total. The highest BCUT2D eigenvalue weighted by atomic mass is 16.3. The predicted octanol–water partition coefficient (Wildman–Crippen LogP) is 1.87. The Bertz CT molecular complexity index is 334. The molecule has 3 heteroatoms. The van der Waals surface area contributed by atoms with Crippen LogP contribution in [0, 0.1) is 6.92 Å². The second kappa shape index (κ2) is 4.11. The zero-order valence-electron chi connectivity index (χ0n) is 8.95. The van der Waals surface area contributed by atoms with E-state index in [1.807, 2.05) is 13.0 Å². The molecule has 0 bridgehead atoms. The van der Waals surface area contributed by atoms with E-state index in [1.54, 1.807) is 6.07 Å². The Balaban J connectivity index is 2.27. The maximum absolute atomic E-state index is 9.54. The first kappa shape index (κ1) is 10.3. The second-order valence-electron chi connectivity index (χ2n) is 4.25. The molecule has 0 aliphatic carbocycles. The van der Waals surface area contributed by atoms with E-state index in [0.717, 1.165) is 30.6 Å². The molecule has 1 saturated heterocycles. The van der Waals surface area contributed by atoms with Crippen LogP contribution >= 0.6 is 0 Å². The molecule has 0 saturated carbocycles. The van der Waals surface area contributed by atoms with E-state index in [2.05, 4.69) is 5.32 Å². The molecule has 3 N–H and O–H groups in total.